The zero-order chi connectivity index (χ0) is 13.3. The monoisotopic (exact) mass is 291 g/mol. The maximum atomic E-state index is 13.9. The predicted molar refractivity (Wildman–Crippen MR) is 70.0 cm³/mol. The van der Waals surface area contributed by atoms with Crippen LogP contribution in [0.15, 0.2) is 18.2 Å². The van der Waals surface area contributed by atoms with E-state index < -0.39 is 15.7 Å². The highest BCUT2D eigenvalue weighted by atomic mass is 35.5. The van der Waals surface area contributed by atoms with Gasteiger partial charge in [0.1, 0.15) is 5.82 Å². The molecule has 6 heteroatoms. The summed E-state index contributed by atoms with van der Waals surface area (Å²) in [7, 11) is -1.26. The van der Waals surface area contributed by atoms with Crippen LogP contribution in [-0.2, 0) is 9.84 Å². The number of hydrogen-bond donors (Lipinski definition) is 1. The van der Waals surface area contributed by atoms with Crippen molar-refractivity contribution in [3.63, 3.8) is 0 Å². The van der Waals surface area contributed by atoms with Crippen LogP contribution in [0.4, 0.5) is 4.39 Å². The van der Waals surface area contributed by atoms with Crippen molar-refractivity contribution in [2.75, 3.05) is 18.6 Å². The Morgan fingerprint density at radius 2 is 2.22 bits per heavy atom. The minimum absolute atomic E-state index is 0.0873. The minimum Gasteiger partial charge on any atom is -0.313 e. The van der Waals surface area contributed by atoms with E-state index in [0.717, 1.165) is 0 Å². The Bertz CT molecular complexity index is 547. The number of nitrogens with one attached hydrogen (secondary N) is 1. The Hall–Kier alpha value is -0.650. The van der Waals surface area contributed by atoms with E-state index in [4.69, 9.17) is 11.6 Å². The molecule has 0 saturated carbocycles. The highest BCUT2D eigenvalue weighted by Gasteiger charge is 2.34. The molecular weight excluding hydrogens is 277 g/mol. The van der Waals surface area contributed by atoms with E-state index in [1.165, 1.54) is 6.07 Å². The molecule has 2 atom stereocenters. The van der Waals surface area contributed by atoms with Gasteiger partial charge in [0.15, 0.2) is 9.84 Å². The lowest BCUT2D eigenvalue weighted by atomic mass is 9.92. The third kappa shape index (κ3) is 2.84. The molecule has 1 aromatic rings. The number of sulfone groups is 1. The van der Waals surface area contributed by atoms with Crippen LogP contribution < -0.4 is 5.32 Å². The highest BCUT2D eigenvalue weighted by molar-refractivity contribution is 7.91. The van der Waals surface area contributed by atoms with Crippen molar-refractivity contribution in [2.45, 2.75) is 12.5 Å². The largest absolute Gasteiger partial charge is 0.313 e. The molecule has 1 aliphatic rings. The molecule has 1 aromatic carbocycles. The first-order valence-electron chi connectivity index (χ1n) is 5.75. The lowest BCUT2D eigenvalue weighted by molar-refractivity contribution is 0.403. The minimum atomic E-state index is -2.97. The summed E-state index contributed by atoms with van der Waals surface area (Å²) >= 11 is 5.71. The van der Waals surface area contributed by atoms with E-state index in [9.17, 15) is 12.8 Å². The topological polar surface area (TPSA) is 46.2 Å². The molecule has 2 unspecified atom stereocenters. The van der Waals surface area contributed by atoms with Gasteiger partial charge < -0.3 is 5.32 Å². The molecule has 18 heavy (non-hydrogen) atoms. The standard InChI is InChI=1S/C12H15ClFNO2S/c1-15-12(8-4-5-18(16,17)7-8)10-3-2-9(13)6-11(10)14/h2-3,6,8,12,15H,4-5,7H2,1H3. The molecule has 1 N–H and O–H groups in total. The molecule has 1 aliphatic heterocycles. The molecule has 1 saturated heterocycles. The van der Waals surface area contributed by atoms with Gasteiger partial charge in [0.05, 0.1) is 11.5 Å². The summed E-state index contributed by atoms with van der Waals surface area (Å²) in [5.74, 6) is -0.187. The highest BCUT2D eigenvalue weighted by Crippen LogP contribution is 2.33. The first kappa shape index (κ1) is 13.8. The van der Waals surface area contributed by atoms with Crippen LogP contribution in [0.3, 0.4) is 0 Å². The molecule has 0 radical (unpaired) electrons. The lowest BCUT2D eigenvalue weighted by Crippen LogP contribution is -2.27. The second-order valence-corrected chi connectivity index (χ2v) is 7.26. The van der Waals surface area contributed by atoms with Crippen molar-refractivity contribution < 1.29 is 12.8 Å². The summed E-state index contributed by atoms with van der Waals surface area (Å²) < 4.78 is 36.8. The smallest absolute Gasteiger partial charge is 0.150 e. The Kier molecular flexibility index (Phi) is 3.94. The van der Waals surface area contributed by atoms with Crippen LogP contribution in [0.2, 0.25) is 5.02 Å². The average molecular weight is 292 g/mol. The number of benzene rings is 1. The Balaban J connectivity index is 2.29. The molecule has 0 amide bonds. The van der Waals surface area contributed by atoms with Gasteiger partial charge in [0.25, 0.3) is 0 Å². The van der Waals surface area contributed by atoms with E-state index >= 15 is 0 Å². The van der Waals surface area contributed by atoms with E-state index in [2.05, 4.69) is 5.32 Å². The fourth-order valence-electron chi connectivity index (χ4n) is 2.49. The van der Waals surface area contributed by atoms with Crippen molar-refractivity contribution in [2.24, 2.45) is 5.92 Å². The van der Waals surface area contributed by atoms with Crippen molar-refractivity contribution in [1.29, 1.82) is 0 Å². The third-order valence-electron chi connectivity index (χ3n) is 3.35. The van der Waals surface area contributed by atoms with Gasteiger partial charge in [-0.05, 0) is 31.5 Å². The number of halogens is 2. The fraction of sp³-hybridized carbons (Fsp3) is 0.500. The summed E-state index contributed by atoms with van der Waals surface area (Å²) in [6.45, 7) is 0. The first-order valence-corrected chi connectivity index (χ1v) is 7.95. The van der Waals surface area contributed by atoms with Crippen LogP contribution >= 0.6 is 11.6 Å². The Morgan fingerprint density at radius 3 is 2.72 bits per heavy atom. The van der Waals surface area contributed by atoms with Crippen LogP contribution in [0, 0.1) is 11.7 Å². The van der Waals surface area contributed by atoms with Crippen molar-refractivity contribution >= 4 is 21.4 Å². The van der Waals surface area contributed by atoms with E-state index in [-0.39, 0.29) is 23.5 Å². The number of hydrogen-bond acceptors (Lipinski definition) is 3. The molecule has 0 aromatic heterocycles. The summed E-state index contributed by atoms with van der Waals surface area (Å²) in [5, 5.41) is 3.35. The van der Waals surface area contributed by atoms with Crippen molar-refractivity contribution in [1.82, 2.24) is 5.32 Å². The molecule has 0 aliphatic carbocycles. The van der Waals surface area contributed by atoms with Gasteiger partial charge in [0.2, 0.25) is 0 Å². The summed E-state index contributed by atoms with van der Waals surface area (Å²) in [4.78, 5) is 0. The first-order chi connectivity index (χ1) is 8.43. The molecule has 3 nitrogen and oxygen atoms in total. The van der Waals surface area contributed by atoms with Gasteiger partial charge in [-0.3, -0.25) is 0 Å². The fourth-order valence-corrected chi connectivity index (χ4v) is 4.48. The maximum absolute atomic E-state index is 13.9. The predicted octanol–water partition coefficient (Wildman–Crippen LogP) is 2.17. The second-order valence-electron chi connectivity index (χ2n) is 4.60. The van der Waals surface area contributed by atoms with Gasteiger partial charge in [-0.1, -0.05) is 17.7 Å². The Labute approximate surface area is 111 Å². The Morgan fingerprint density at radius 1 is 1.50 bits per heavy atom. The summed E-state index contributed by atoms with van der Waals surface area (Å²) in [5.41, 5.74) is 0.476. The quantitative estimate of drug-likeness (QED) is 0.928. The van der Waals surface area contributed by atoms with E-state index in [1.54, 1.807) is 19.2 Å². The molecule has 100 valence electrons. The average Bonchev–Trinajstić information content (AvgIpc) is 2.63. The van der Waals surface area contributed by atoms with Gasteiger partial charge >= 0.3 is 0 Å². The molecule has 1 heterocycles. The zero-order valence-electron chi connectivity index (χ0n) is 9.99. The second kappa shape index (κ2) is 5.15. The molecule has 0 spiro atoms. The van der Waals surface area contributed by atoms with E-state index in [0.29, 0.717) is 17.0 Å². The lowest BCUT2D eigenvalue weighted by Gasteiger charge is -2.23. The van der Waals surface area contributed by atoms with Crippen molar-refractivity contribution in [3.05, 3.63) is 34.6 Å². The van der Waals surface area contributed by atoms with Crippen LogP contribution in [-0.4, -0.2) is 27.0 Å². The summed E-state index contributed by atoms with van der Waals surface area (Å²) in [6, 6.07) is 4.20. The van der Waals surface area contributed by atoms with Gasteiger partial charge in [-0.15, -0.1) is 0 Å². The van der Waals surface area contributed by atoms with Gasteiger partial charge in [-0.25, -0.2) is 12.8 Å². The molecule has 0 bridgehead atoms. The number of rotatable bonds is 3. The summed E-state index contributed by atoms with van der Waals surface area (Å²) in [6.07, 6.45) is 0.565. The van der Waals surface area contributed by atoms with Crippen LogP contribution in [0.25, 0.3) is 0 Å². The maximum Gasteiger partial charge on any atom is 0.150 e. The SMILES string of the molecule is CNC(c1ccc(Cl)cc1F)C1CCS(=O)(=O)C1. The van der Waals surface area contributed by atoms with Crippen molar-refractivity contribution in [3.8, 4) is 0 Å². The zero-order valence-corrected chi connectivity index (χ0v) is 11.6. The molecular formula is C12H15ClFNO2S. The molecule has 2 rings (SSSR count). The van der Waals surface area contributed by atoms with Gasteiger partial charge in [-0.2, -0.15) is 0 Å². The van der Waals surface area contributed by atoms with E-state index in [1.807, 2.05) is 0 Å². The third-order valence-corrected chi connectivity index (χ3v) is 5.38. The van der Waals surface area contributed by atoms with Gasteiger partial charge in [0, 0.05) is 16.6 Å². The molecule has 1 fully saturated rings. The normalized spacial score (nSPS) is 24.1. The van der Waals surface area contributed by atoms with Crippen LogP contribution in [0.5, 0.6) is 0 Å². The van der Waals surface area contributed by atoms with Crippen LogP contribution in [0.1, 0.15) is 18.0 Å².